The van der Waals surface area contributed by atoms with Gasteiger partial charge in [-0.1, -0.05) is 0 Å². The zero-order valence-electron chi connectivity index (χ0n) is 86.3. The van der Waals surface area contributed by atoms with Crippen LogP contribution in [-0.4, -0.2) is 478 Å². The minimum atomic E-state index is -2.23. The maximum atomic E-state index is 14.5. The molecule has 0 unspecified atom stereocenters. The van der Waals surface area contributed by atoms with E-state index in [-0.39, 0.29) is 128 Å². The number of likely N-dealkylation sites (N-methyl/N-ethyl adjacent to an activating group) is 2. The quantitative estimate of drug-likeness (QED) is 0.0199. The van der Waals surface area contributed by atoms with Crippen LogP contribution in [-0.2, 0) is 86.3 Å². The van der Waals surface area contributed by atoms with E-state index in [0.29, 0.717) is 61.7 Å². The fourth-order valence-corrected chi connectivity index (χ4v) is 14.0. The van der Waals surface area contributed by atoms with Crippen molar-refractivity contribution in [1.82, 2.24) is 180 Å². The highest BCUT2D eigenvalue weighted by Crippen LogP contribution is 2.22. The zero-order chi connectivity index (χ0) is 107. The number of amides is 16. The maximum Gasteiger partial charge on any atom is 0.325 e. The van der Waals surface area contributed by atoms with Crippen molar-refractivity contribution >= 4 is 106 Å². The van der Waals surface area contributed by atoms with Gasteiger partial charge in [0.2, 0.25) is 70.9 Å². The molecule has 2 aliphatic rings. The lowest BCUT2D eigenvalue weighted by molar-refractivity contribution is -0.156. The molecule has 0 saturated carbocycles. The van der Waals surface area contributed by atoms with Gasteiger partial charge in [0.25, 0.3) is 23.6 Å². The summed E-state index contributed by atoms with van der Waals surface area (Å²) in [5.74, 6) is -15.2. The Bertz CT molecular complexity index is 3520. The van der Waals surface area contributed by atoms with Crippen LogP contribution in [0.1, 0.15) is 104 Å². The predicted octanol–water partition coefficient (Wildman–Crippen LogP) is -14.8. The van der Waals surface area contributed by atoms with Crippen LogP contribution < -0.4 is 170 Å². The fraction of sp³-hybridized carbons (Fsp3) is 0.761. The number of hydrogen-bond acceptors (Lipinski definition) is 38. The molecule has 2 aliphatic heterocycles. The highest BCUT2D eigenvalue weighted by Gasteiger charge is 2.50. The van der Waals surface area contributed by atoms with E-state index in [4.69, 9.17) is 10.2 Å². The van der Waals surface area contributed by atoms with Gasteiger partial charge in [-0.3, -0.25) is 96.1 Å². The number of aliphatic carboxylic acids is 2. The number of carbonyl (C=O) groups excluding carboxylic acids is 16. The summed E-state index contributed by atoms with van der Waals surface area (Å²) in [7, 11) is 3.88. The molecular weight excluding hydrogens is 1900 g/mol. The van der Waals surface area contributed by atoms with E-state index in [2.05, 4.69) is 170 Å². The molecule has 6 atom stereocenters. The monoisotopic (exact) mass is 2080 g/mol. The second-order valence-corrected chi connectivity index (χ2v) is 34.5. The van der Waals surface area contributed by atoms with Crippen LogP contribution in [0.2, 0.25) is 0 Å². The van der Waals surface area contributed by atoms with Crippen LogP contribution in [0.3, 0.4) is 0 Å². The first-order chi connectivity index (χ1) is 70.7. The summed E-state index contributed by atoms with van der Waals surface area (Å²) in [6.45, 7) is 31.7. The molecule has 16 amide bonds. The molecule has 834 valence electrons. The average Bonchev–Trinajstić information content (AvgIpc) is 1.28. The topological polar surface area (TPSA) is 739 Å². The maximum absolute atomic E-state index is 14.5. The molecule has 0 radical (unpaired) electrons. The summed E-state index contributed by atoms with van der Waals surface area (Å²) in [5.41, 5.74) is 0. The standard InChI is InChI=1S/C92H176N34O20/c1-69(91(143)144)121-79(133)67-119-73(127)15-9-25-115-87(139)71(13-5-7-23-113-77(131)65-111-63-61-109-59-57-107-55-53-105-51-49-103-47-45-101-43-41-99-39-37-97-35-33-95-31-29-93-3)123-75(129)17-11-27-117-89(141)85(125-81(135)19-20-82(125)136)86(126-83(137)21-22-84(126)138)90(142)118-28-12-18-76(130)124-72(88(140)116-26-10-16-74(128)120-68-80(134)122-70(2)92(145)146)14-6-8-24-114-78(132)66-112-64-62-110-60-58-108-56-54-106-52-50-104-48-46-102-44-42-100-40-38-98-36-34-96-32-30-94-4/h19-22,69-72,85-86,93-112H,5-18,23-68H2,1-4H3,(H,113,131)(H,114,132)(H,115,139)(H,116,140)(H,117,141)(H,118,142)(H,119,127)(H,120,128)(H,121,133)(H,122,134)(H,123,129)(H,124,130)(H,143,144)(H,145,146)/t69-,70-,71-,72-,85-,86-/m0/s1. The van der Waals surface area contributed by atoms with Crippen molar-refractivity contribution in [2.45, 2.75) is 140 Å². The Morgan fingerprint density at radius 3 is 0.671 bits per heavy atom. The number of nitrogens with zero attached hydrogens (tertiary/aromatic N) is 2. The molecular formula is C92H176N34O20. The van der Waals surface area contributed by atoms with Crippen molar-refractivity contribution in [3.05, 3.63) is 24.3 Å². The molecule has 34 N–H and O–H groups in total. The molecule has 0 aromatic heterocycles. The molecule has 0 aliphatic carbocycles. The highest BCUT2D eigenvalue weighted by atomic mass is 16.4. The number of rotatable bonds is 101. The molecule has 0 saturated heterocycles. The van der Waals surface area contributed by atoms with Crippen LogP contribution in [0.25, 0.3) is 0 Å². The van der Waals surface area contributed by atoms with Gasteiger partial charge in [0.15, 0.2) is 0 Å². The first-order valence-electron chi connectivity index (χ1n) is 51.6. The third-order valence-electron chi connectivity index (χ3n) is 22.1. The van der Waals surface area contributed by atoms with Crippen LogP contribution >= 0.6 is 0 Å². The number of nitrogens with one attached hydrogen (secondary N) is 32. The fourth-order valence-electron chi connectivity index (χ4n) is 14.0. The van der Waals surface area contributed by atoms with Gasteiger partial charge in [-0.2, -0.15) is 0 Å². The third kappa shape index (κ3) is 71.2. The lowest BCUT2D eigenvalue weighted by Crippen LogP contribution is -2.66. The van der Waals surface area contributed by atoms with Gasteiger partial charge >= 0.3 is 11.9 Å². The van der Waals surface area contributed by atoms with Crippen molar-refractivity contribution in [3.8, 4) is 0 Å². The lowest BCUT2D eigenvalue weighted by Gasteiger charge is -2.35. The van der Waals surface area contributed by atoms with Crippen LogP contribution in [0.15, 0.2) is 24.3 Å². The minimum absolute atomic E-state index is 0.0431. The van der Waals surface area contributed by atoms with E-state index in [9.17, 15) is 86.3 Å². The second-order valence-electron chi connectivity index (χ2n) is 34.5. The molecule has 0 aromatic carbocycles. The number of unbranched alkanes of at least 4 members (excludes halogenated alkanes) is 2. The Balaban J connectivity index is 1.96. The Kier molecular flexibility index (Phi) is 80.9. The second kappa shape index (κ2) is 89.7. The molecule has 0 fully saturated rings. The first-order valence-corrected chi connectivity index (χ1v) is 51.6. The molecule has 54 heteroatoms. The van der Waals surface area contributed by atoms with Gasteiger partial charge in [-0.05, 0) is 92.2 Å². The number of imide groups is 2. The van der Waals surface area contributed by atoms with Crippen LogP contribution in [0.5, 0.6) is 0 Å². The molecule has 2 rings (SSSR count). The van der Waals surface area contributed by atoms with Gasteiger partial charge in [0.1, 0.15) is 36.3 Å². The smallest absolute Gasteiger partial charge is 0.325 e. The number of hydrogen-bond donors (Lipinski definition) is 34. The molecule has 54 nitrogen and oxygen atoms in total. The van der Waals surface area contributed by atoms with Crippen molar-refractivity contribution in [2.24, 2.45) is 0 Å². The molecule has 0 spiro atoms. The average molecular weight is 2080 g/mol. The van der Waals surface area contributed by atoms with Gasteiger partial charge in [-0.15, -0.1) is 0 Å². The van der Waals surface area contributed by atoms with E-state index < -0.39 is 144 Å². The van der Waals surface area contributed by atoms with E-state index in [1.165, 1.54) is 13.8 Å². The highest BCUT2D eigenvalue weighted by molar-refractivity contribution is 6.19. The van der Waals surface area contributed by atoms with E-state index >= 15 is 0 Å². The summed E-state index contributed by atoms with van der Waals surface area (Å²) in [5, 5.41) is 116. The van der Waals surface area contributed by atoms with Crippen LogP contribution in [0, 0.1) is 0 Å². The summed E-state index contributed by atoms with van der Waals surface area (Å²) < 4.78 is 0. The number of carbonyl (C=O) groups is 18. The van der Waals surface area contributed by atoms with Gasteiger partial charge in [0, 0.05) is 325 Å². The van der Waals surface area contributed by atoms with Crippen LogP contribution in [0.4, 0.5) is 0 Å². The summed E-state index contributed by atoms with van der Waals surface area (Å²) in [6.07, 6.45) is 3.54. The Morgan fingerprint density at radius 2 is 0.438 bits per heavy atom. The van der Waals surface area contributed by atoms with Crippen molar-refractivity contribution in [3.63, 3.8) is 0 Å². The van der Waals surface area contributed by atoms with Crippen molar-refractivity contribution in [1.29, 1.82) is 0 Å². The first kappa shape index (κ1) is 132. The number of carboxylic acids is 2. The van der Waals surface area contributed by atoms with Crippen molar-refractivity contribution < 1.29 is 96.5 Å². The zero-order valence-corrected chi connectivity index (χ0v) is 86.3. The molecule has 2 heterocycles. The van der Waals surface area contributed by atoms with Gasteiger partial charge in [0.05, 0.1) is 26.2 Å². The number of carboxylic acid groups (broad SMARTS) is 2. The molecule has 146 heavy (non-hydrogen) atoms. The molecule has 0 bridgehead atoms. The Labute approximate surface area is 858 Å². The minimum Gasteiger partial charge on any atom is -0.480 e. The largest absolute Gasteiger partial charge is 0.480 e. The third-order valence-corrected chi connectivity index (χ3v) is 22.1. The summed E-state index contributed by atoms with van der Waals surface area (Å²) >= 11 is 0. The van der Waals surface area contributed by atoms with Crippen molar-refractivity contribution in [2.75, 3.05) is 315 Å². The van der Waals surface area contributed by atoms with E-state index in [0.717, 1.165) is 234 Å². The summed E-state index contributed by atoms with van der Waals surface area (Å²) in [6, 6.07) is -9.19. The predicted molar refractivity (Wildman–Crippen MR) is 552 cm³/mol. The van der Waals surface area contributed by atoms with Gasteiger partial charge < -0.3 is 180 Å². The van der Waals surface area contributed by atoms with E-state index in [1.807, 2.05) is 14.1 Å². The normalized spacial score (nSPS) is 13.5. The Morgan fingerprint density at radius 1 is 0.226 bits per heavy atom. The SMILES string of the molecule is CNCCNCCNCCNCCNCCNCCNCCNCCNCCNCC(=O)NCCCC[C@H](NC(=O)CCCNC(=O)[C@H]([C@@H](C(=O)NCCCC(=O)N[C@@H](CCCCNC(=O)CNCCNCCNCCNCCNCCNCCNCCNCCNCCNC)C(=O)NCCCC(=O)NCC(=O)N[C@@H](C)C(=O)O)N1C(=O)C=CC1=O)N1C(=O)C=CC1=O)C(=O)NCCCC(=O)NCC(=O)N[C@@H](C)C(=O)O. The summed E-state index contributed by atoms with van der Waals surface area (Å²) in [4.78, 5) is 236. The van der Waals surface area contributed by atoms with E-state index in [1.54, 1.807) is 0 Å². The molecule has 0 aromatic rings. The Hall–Kier alpha value is -10.5. The van der Waals surface area contributed by atoms with Gasteiger partial charge in [-0.25, -0.2) is 0 Å². The lowest BCUT2D eigenvalue weighted by atomic mass is 10.0.